The Kier molecular flexibility index (Phi) is 9.57. The van der Waals surface area contributed by atoms with Crippen LogP contribution in [0.5, 0.6) is 0 Å². The van der Waals surface area contributed by atoms with Crippen LogP contribution in [-0.4, -0.2) is 16.3 Å². The summed E-state index contributed by atoms with van der Waals surface area (Å²) in [7, 11) is 2.07. The SMILES string of the molecule is CCCCCCCCCCOCn1c(CC(O)c2ccccc2)[n+](C)c2ccccc21. The number of imidazole rings is 1. The van der Waals surface area contributed by atoms with Crippen molar-refractivity contribution < 1.29 is 14.4 Å². The van der Waals surface area contributed by atoms with Crippen LogP contribution in [0.4, 0.5) is 0 Å². The van der Waals surface area contributed by atoms with Crippen molar-refractivity contribution in [1.82, 2.24) is 4.57 Å². The van der Waals surface area contributed by atoms with E-state index in [-0.39, 0.29) is 0 Å². The van der Waals surface area contributed by atoms with Gasteiger partial charge in [-0.1, -0.05) is 94.3 Å². The molecule has 0 spiro atoms. The fourth-order valence-corrected chi connectivity index (χ4v) is 4.29. The van der Waals surface area contributed by atoms with E-state index in [1.54, 1.807) is 0 Å². The number of nitrogens with zero attached hydrogens (tertiary/aromatic N) is 2. The molecule has 0 aliphatic carbocycles. The van der Waals surface area contributed by atoms with Gasteiger partial charge in [-0.15, -0.1) is 0 Å². The van der Waals surface area contributed by atoms with Gasteiger partial charge in [-0.25, -0.2) is 9.13 Å². The molecule has 0 radical (unpaired) electrons. The highest BCUT2D eigenvalue weighted by Crippen LogP contribution is 2.21. The monoisotopic (exact) mass is 423 g/mol. The third-order valence-corrected chi connectivity index (χ3v) is 6.16. The Labute approximate surface area is 187 Å². The topological polar surface area (TPSA) is 38.3 Å². The molecule has 0 saturated carbocycles. The van der Waals surface area contributed by atoms with Gasteiger partial charge in [0.1, 0.15) is 0 Å². The van der Waals surface area contributed by atoms with E-state index in [1.165, 1.54) is 44.9 Å². The zero-order chi connectivity index (χ0) is 21.9. The van der Waals surface area contributed by atoms with Crippen molar-refractivity contribution in [1.29, 1.82) is 0 Å². The first kappa shape index (κ1) is 23.5. The first-order valence-corrected chi connectivity index (χ1v) is 12.0. The molecule has 4 heteroatoms. The molecule has 168 valence electrons. The predicted octanol–water partition coefficient (Wildman–Crippen LogP) is 5.86. The first-order chi connectivity index (χ1) is 15.2. The second-order valence-electron chi connectivity index (χ2n) is 8.53. The Bertz CT molecular complexity index is 904. The largest absolute Gasteiger partial charge is 0.388 e. The van der Waals surface area contributed by atoms with Gasteiger partial charge in [0, 0.05) is 0 Å². The lowest BCUT2D eigenvalue weighted by molar-refractivity contribution is -0.654. The van der Waals surface area contributed by atoms with E-state index in [0.717, 1.165) is 35.4 Å². The van der Waals surface area contributed by atoms with Crippen molar-refractivity contribution in [2.45, 2.75) is 77.5 Å². The van der Waals surface area contributed by atoms with Crippen LogP contribution in [0.25, 0.3) is 11.0 Å². The maximum absolute atomic E-state index is 10.8. The summed E-state index contributed by atoms with van der Waals surface area (Å²) in [5.41, 5.74) is 3.25. The molecule has 1 heterocycles. The van der Waals surface area contributed by atoms with Gasteiger partial charge in [0.25, 0.3) is 5.82 Å². The van der Waals surface area contributed by atoms with Gasteiger partial charge in [0.05, 0.1) is 26.2 Å². The minimum atomic E-state index is -0.539. The van der Waals surface area contributed by atoms with Crippen molar-refractivity contribution in [2.75, 3.05) is 6.61 Å². The van der Waals surface area contributed by atoms with E-state index in [9.17, 15) is 5.11 Å². The molecule has 1 atom stereocenters. The lowest BCUT2D eigenvalue weighted by Crippen LogP contribution is -2.34. The molecule has 2 aromatic carbocycles. The second-order valence-corrected chi connectivity index (χ2v) is 8.53. The number of aromatic nitrogens is 2. The van der Waals surface area contributed by atoms with Gasteiger partial charge < -0.3 is 9.84 Å². The molecule has 1 aromatic heterocycles. The average molecular weight is 424 g/mol. The number of fused-ring (bicyclic) bond motifs is 1. The Morgan fingerprint density at radius 3 is 2.26 bits per heavy atom. The van der Waals surface area contributed by atoms with Crippen molar-refractivity contribution in [3.8, 4) is 0 Å². The van der Waals surface area contributed by atoms with Crippen LogP contribution in [0.2, 0.25) is 0 Å². The Hall–Kier alpha value is -2.17. The highest BCUT2D eigenvalue weighted by Gasteiger charge is 2.25. The Morgan fingerprint density at radius 1 is 0.871 bits per heavy atom. The van der Waals surface area contributed by atoms with Crippen LogP contribution in [0.15, 0.2) is 54.6 Å². The highest BCUT2D eigenvalue weighted by atomic mass is 16.5. The minimum Gasteiger partial charge on any atom is -0.388 e. The molecule has 4 nitrogen and oxygen atoms in total. The highest BCUT2D eigenvalue weighted by molar-refractivity contribution is 5.72. The number of aliphatic hydroxyl groups is 1. The van der Waals surface area contributed by atoms with Gasteiger partial charge in [0.2, 0.25) is 0 Å². The van der Waals surface area contributed by atoms with E-state index in [4.69, 9.17) is 4.74 Å². The molecule has 0 amide bonds. The summed E-state index contributed by atoms with van der Waals surface area (Å²) in [5.74, 6) is 1.08. The lowest BCUT2D eigenvalue weighted by Gasteiger charge is -2.10. The van der Waals surface area contributed by atoms with Gasteiger partial charge in [-0.05, 0) is 24.1 Å². The number of unbranched alkanes of at least 4 members (excludes halogenated alkanes) is 7. The number of benzene rings is 2. The summed E-state index contributed by atoms with van der Waals surface area (Å²) in [4.78, 5) is 0. The van der Waals surface area contributed by atoms with Crippen molar-refractivity contribution in [3.63, 3.8) is 0 Å². The maximum atomic E-state index is 10.8. The summed E-state index contributed by atoms with van der Waals surface area (Å²) < 4.78 is 10.5. The summed E-state index contributed by atoms with van der Waals surface area (Å²) in [5, 5.41) is 10.8. The molecular formula is C27H39N2O2+. The summed E-state index contributed by atoms with van der Waals surface area (Å²) in [6.45, 7) is 3.57. The molecule has 0 fully saturated rings. The molecule has 1 unspecified atom stereocenters. The first-order valence-electron chi connectivity index (χ1n) is 12.0. The third-order valence-electron chi connectivity index (χ3n) is 6.16. The van der Waals surface area contributed by atoms with Gasteiger partial charge >= 0.3 is 0 Å². The van der Waals surface area contributed by atoms with E-state index in [0.29, 0.717) is 13.2 Å². The fourth-order valence-electron chi connectivity index (χ4n) is 4.29. The molecule has 0 aliphatic heterocycles. The van der Waals surface area contributed by atoms with E-state index < -0.39 is 6.10 Å². The summed E-state index contributed by atoms with van der Waals surface area (Å²) in [6.07, 6.45) is 10.4. The molecular weight excluding hydrogens is 384 g/mol. The third kappa shape index (κ3) is 6.65. The van der Waals surface area contributed by atoms with Crippen LogP contribution in [0.1, 0.15) is 75.8 Å². The van der Waals surface area contributed by atoms with Crippen molar-refractivity contribution in [2.24, 2.45) is 7.05 Å². The van der Waals surface area contributed by atoms with Gasteiger partial charge in [0.15, 0.2) is 17.8 Å². The number of hydrogen-bond donors (Lipinski definition) is 1. The number of aliphatic hydroxyl groups excluding tert-OH is 1. The molecule has 3 aromatic rings. The maximum Gasteiger partial charge on any atom is 0.262 e. The zero-order valence-corrected chi connectivity index (χ0v) is 19.3. The normalized spacial score (nSPS) is 12.5. The summed E-state index contributed by atoms with van der Waals surface area (Å²) >= 11 is 0. The van der Waals surface area contributed by atoms with Crippen LogP contribution in [0.3, 0.4) is 0 Å². The van der Waals surface area contributed by atoms with Crippen LogP contribution < -0.4 is 4.57 Å². The van der Waals surface area contributed by atoms with E-state index in [2.05, 4.69) is 47.4 Å². The molecule has 0 saturated heterocycles. The smallest absolute Gasteiger partial charge is 0.262 e. The minimum absolute atomic E-state index is 0.523. The molecule has 3 rings (SSSR count). The van der Waals surface area contributed by atoms with Crippen LogP contribution in [-0.2, 0) is 24.9 Å². The molecule has 1 N–H and O–H groups in total. The number of hydrogen-bond acceptors (Lipinski definition) is 2. The van der Waals surface area contributed by atoms with Gasteiger partial charge in [-0.3, -0.25) is 0 Å². The Morgan fingerprint density at radius 2 is 1.52 bits per heavy atom. The summed E-state index contributed by atoms with van der Waals surface area (Å²) in [6, 6.07) is 18.3. The average Bonchev–Trinajstić information content (AvgIpc) is 3.07. The number of rotatable bonds is 14. The molecule has 0 aliphatic rings. The van der Waals surface area contributed by atoms with Crippen LogP contribution in [0, 0.1) is 0 Å². The number of aryl methyl sites for hydroxylation is 1. The van der Waals surface area contributed by atoms with Crippen molar-refractivity contribution in [3.05, 3.63) is 66.0 Å². The molecule has 31 heavy (non-hydrogen) atoms. The zero-order valence-electron chi connectivity index (χ0n) is 19.3. The van der Waals surface area contributed by atoms with Crippen LogP contribution >= 0.6 is 0 Å². The lowest BCUT2D eigenvalue weighted by atomic mass is 10.1. The quantitative estimate of drug-likeness (QED) is 0.261. The Balaban J connectivity index is 1.57. The van der Waals surface area contributed by atoms with Gasteiger partial charge in [-0.2, -0.15) is 0 Å². The second kappa shape index (κ2) is 12.6. The van der Waals surface area contributed by atoms with E-state index >= 15 is 0 Å². The predicted molar refractivity (Wildman–Crippen MR) is 127 cm³/mol. The standard InChI is InChI=1S/C27H39N2O2/c1-3-4-5-6-7-8-9-15-20-31-22-29-25-19-14-13-18-24(25)28(2)27(29)21-26(30)23-16-11-10-12-17-23/h10-14,16-19,26,30H,3-9,15,20-22H2,1-2H3/q+1. The fraction of sp³-hybridized carbons (Fsp3) is 0.519. The number of ether oxygens (including phenoxy) is 1. The number of para-hydroxylation sites is 2. The molecule has 0 bridgehead atoms. The van der Waals surface area contributed by atoms with Crippen molar-refractivity contribution >= 4 is 11.0 Å². The van der Waals surface area contributed by atoms with E-state index in [1.807, 2.05) is 30.3 Å².